The van der Waals surface area contributed by atoms with Crippen LogP contribution in [-0.4, -0.2) is 47.4 Å². The van der Waals surface area contributed by atoms with Crippen LogP contribution < -0.4 is 5.32 Å². The molecule has 144 valence electrons. The van der Waals surface area contributed by atoms with Crippen LogP contribution in [-0.2, 0) is 21.6 Å². The number of nitrogens with one attached hydrogen (secondary N) is 1. The first-order valence-corrected chi connectivity index (χ1v) is 9.59. The number of ketones is 1. The van der Waals surface area contributed by atoms with Crippen LogP contribution in [0.3, 0.4) is 0 Å². The van der Waals surface area contributed by atoms with Crippen LogP contribution in [0, 0.1) is 13.8 Å². The zero-order valence-electron chi connectivity index (χ0n) is 15.9. The third kappa shape index (κ3) is 3.30. The lowest BCUT2D eigenvalue weighted by Crippen LogP contribution is -2.41. The number of ether oxygens (including phenoxy) is 1. The number of hydrogen-bond acceptors (Lipinski definition) is 5. The summed E-state index contributed by atoms with van der Waals surface area (Å²) >= 11 is 1.45. The molecule has 0 spiro atoms. The highest BCUT2D eigenvalue weighted by atomic mass is 32.1. The van der Waals surface area contributed by atoms with Gasteiger partial charge in [0.05, 0.1) is 13.2 Å². The number of amides is 3. The van der Waals surface area contributed by atoms with E-state index in [1.807, 2.05) is 29.2 Å². The van der Waals surface area contributed by atoms with E-state index in [4.69, 9.17) is 4.74 Å². The van der Waals surface area contributed by atoms with Gasteiger partial charge in [-0.25, -0.2) is 4.79 Å². The molecule has 7 nitrogen and oxygen atoms in total. The van der Waals surface area contributed by atoms with Crippen molar-refractivity contribution in [1.82, 2.24) is 14.8 Å². The molecule has 3 heterocycles. The summed E-state index contributed by atoms with van der Waals surface area (Å²) in [6, 6.07) is 3.05. The van der Waals surface area contributed by atoms with Gasteiger partial charge in [-0.15, -0.1) is 0 Å². The summed E-state index contributed by atoms with van der Waals surface area (Å²) in [5.41, 5.74) is 1.86. The number of urea groups is 1. The zero-order valence-corrected chi connectivity index (χ0v) is 16.7. The molecule has 2 aromatic rings. The molecule has 0 bridgehead atoms. The van der Waals surface area contributed by atoms with Gasteiger partial charge >= 0.3 is 6.03 Å². The molecule has 0 aliphatic carbocycles. The number of rotatable bonds is 7. The van der Waals surface area contributed by atoms with Crippen molar-refractivity contribution >= 4 is 29.1 Å². The van der Waals surface area contributed by atoms with E-state index < -0.39 is 17.5 Å². The van der Waals surface area contributed by atoms with E-state index in [1.165, 1.54) is 11.3 Å². The van der Waals surface area contributed by atoms with Crippen LogP contribution in [0.1, 0.15) is 34.2 Å². The van der Waals surface area contributed by atoms with E-state index in [1.54, 1.807) is 26.2 Å². The minimum Gasteiger partial charge on any atom is -0.383 e. The molecule has 1 aliphatic rings. The van der Waals surface area contributed by atoms with Crippen molar-refractivity contribution < 1.29 is 19.1 Å². The van der Waals surface area contributed by atoms with Crippen LogP contribution in [0.25, 0.3) is 0 Å². The lowest BCUT2D eigenvalue weighted by Gasteiger charge is -2.20. The van der Waals surface area contributed by atoms with E-state index in [-0.39, 0.29) is 12.3 Å². The number of methoxy groups -OCH3 is 1. The van der Waals surface area contributed by atoms with Gasteiger partial charge in [-0.2, -0.15) is 11.3 Å². The largest absolute Gasteiger partial charge is 0.383 e. The molecule has 1 saturated heterocycles. The van der Waals surface area contributed by atoms with Crippen LogP contribution in [0.4, 0.5) is 4.79 Å². The Bertz CT molecular complexity index is 887. The van der Waals surface area contributed by atoms with Crippen molar-refractivity contribution in [2.45, 2.75) is 32.9 Å². The predicted octanol–water partition coefficient (Wildman–Crippen LogP) is 2.46. The molecule has 0 radical (unpaired) electrons. The Labute approximate surface area is 161 Å². The number of carbonyl (C=O) groups is 3. The summed E-state index contributed by atoms with van der Waals surface area (Å²) in [4.78, 5) is 39.1. The van der Waals surface area contributed by atoms with E-state index in [2.05, 4.69) is 5.32 Å². The van der Waals surface area contributed by atoms with Crippen molar-refractivity contribution in [2.75, 3.05) is 20.3 Å². The Hall–Kier alpha value is -2.45. The fourth-order valence-corrected chi connectivity index (χ4v) is 4.19. The number of thiophene rings is 1. The van der Waals surface area contributed by atoms with E-state index >= 15 is 0 Å². The highest BCUT2D eigenvalue weighted by Crippen LogP contribution is 2.30. The maximum atomic E-state index is 12.9. The number of carbonyl (C=O) groups excluding carboxylic acids is 3. The minimum absolute atomic E-state index is 0.259. The number of Topliss-reactive ketones (excluding diaryl/α,β-unsaturated/α-hetero) is 1. The number of nitrogens with zero attached hydrogens (tertiary/aromatic N) is 2. The predicted molar refractivity (Wildman–Crippen MR) is 102 cm³/mol. The molecule has 8 heteroatoms. The SMILES string of the molecule is COCCn1c(C)cc(C(=O)CN2C(=O)NC(C)(c3ccsc3)C2=O)c1C. The van der Waals surface area contributed by atoms with Gasteiger partial charge in [0.15, 0.2) is 5.78 Å². The molecule has 3 amide bonds. The molecular formula is C19H23N3O4S. The highest BCUT2D eigenvalue weighted by molar-refractivity contribution is 7.08. The maximum Gasteiger partial charge on any atom is 0.325 e. The molecule has 0 saturated carbocycles. The van der Waals surface area contributed by atoms with Gasteiger partial charge in [0, 0.05) is 30.6 Å². The van der Waals surface area contributed by atoms with Crippen LogP contribution in [0.5, 0.6) is 0 Å². The fraction of sp³-hybridized carbons (Fsp3) is 0.421. The van der Waals surface area contributed by atoms with E-state index in [9.17, 15) is 14.4 Å². The number of hydrogen-bond donors (Lipinski definition) is 1. The molecule has 0 aromatic carbocycles. The molecule has 1 unspecified atom stereocenters. The Morgan fingerprint density at radius 3 is 2.70 bits per heavy atom. The number of aromatic nitrogens is 1. The molecule has 1 N–H and O–H groups in total. The van der Waals surface area contributed by atoms with Crippen molar-refractivity contribution in [1.29, 1.82) is 0 Å². The highest BCUT2D eigenvalue weighted by Gasteiger charge is 2.49. The topological polar surface area (TPSA) is 80.6 Å². The third-order valence-corrected chi connectivity index (χ3v) is 5.75. The van der Waals surface area contributed by atoms with Crippen molar-refractivity contribution in [3.8, 4) is 0 Å². The van der Waals surface area contributed by atoms with Gasteiger partial charge in [0.25, 0.3) is 5.91 Å². The standard InChI is InChI=1S/C19H23N3O4S/c1-12-9-15(13(2)21(12)6-7-26-4)16(23)10-22-17(24)19(3,20-18(22)25)14-5-8-27-11-14/h5,8-9,11H,6-7,10H2,1-4H3,(H,20,25). The molecule has 2 aromatic heterocycles. The van der Waals surface area contributed by atoms with Crippen LogP contribution in [0.15, 0.2) is 22.9 Å². The Balaban J connectivity index is 1.81. The van der Waals surface area contributed by atoms with Gasteiger partial charge in [0.2, 0.25) is 0 Å². The fourth-order valence-electron chi connectivity index (χ4n) is 3.42. The first-order valence-electron chi connectivity index (χ1n) is 8.65. The van der Waals surface area contributed by atoms with E-state index in [0.29, 0.717) is 18.7 Å². The first-order chi connectivity index (χ1) is 12.8. The second-order valence-corrected chi connectivity index (χ2v) is 7.59. The molecule has 3 rings (SSSR count). The van der Waals surface area contributed by atoms with Crippen LogP contribution in [0.2, 0.25) is 0 Å². The molecular weight excluding hydrogens is 366 g/mol. The lowest BCUT2D eigenvalue weighted by atomic mass is 9.95. The third-order valence-electron chi connectivity index (χ3n) is 5.07. The van der Waals surface area contributed by atoms with Crippen molar-refractivity contribution in [3.05, 3.63) is 45.4 Å². The summed E-state index contributed by atoms with van der Waals surface area (Å²) in [5, 5.41) is 6.39. The maximum absolute atomic E-state index is 12.9. The van der Waals surface area contributed by atoms with Crippen molar-refractivity contribution in [3.63, 3.8) is 0 Å². The van der Waals surface area contributed by atoms with Gasteiger partial charge in [-0.05, 0) is 49.2 Å². The Kier molecular flexibility index (Phi) is 5.21. The van der Waals surface area contributed by atoms with Gasteiger partial charge in [-0.1, -0.05) is 0 Å². The zero-order chi connectivity index (χ0) is 19.8. The smallest absolute Gasteiger partial charge is 0.325 e. The summed E-state index contributed by atoms with van der Waals surface area (Å²) in [5.74, 6) is -0.669. The molecule has 1 atom stereocenters. The lowest BCUT2D eigenvalue weighted by molar-refractivity contribution is -0.130. The van der Waals surface area contributed by atoms with E-state index in [0.717, 1.165) is 21.9 Å². The molecule has 1 fully saturated rings. The quantitative estimate of drug-likeness (QED) is 0.583. The summed E-state index contributed by atoms with van der Waals surface area (Å²) in [6.45, 7) is 6.34. The molecule has 27 heavy (non-hydrogen) atoms. The summed E-state index contributed by atoms with van der Waals surface area (Å²) < 4.78 is 7.11. The second kappa shape index (κ2) is 7.28. The Morgan fingerprint density at radius 1 is 1.33 bits per heavy atom. The van der Waals surface area contributed by atoms with Gasteiger partial charge < -0.3 is 14.6 Å². The van der Waals surface area contributed by atoms with Gasteiger partial charge in [-0.3, -0.25) is 14.5 Å². The summed E-state index contributed by atoms with van der Waals surface area (Å²) in [6.07, 6.45) is 0. The first kappa shape index (κ1) is 19.3. The monoisotopic (exact) mass is 389 g/mol. The minimum atomic E-state index is -1.13. The second-order valence-electron chi connectivity index (χ2n) is 6.81. The Morgan fingerprint density at radius 2 is 2.07 bits per heavy atom. The molecule has 1 aliphatic heterocycles. The van der Waals surface area contributed by atoms with Crippen LogP contribution >= 0.6 is 11.3 Å². The number of aryl methyl sites for hydroxylation is 1. The number of imide groups is 1. The van der Waals surface area contributed by atoms with Crippen molar-refractivity contribution in [2.24, 2.45) is 0 Å². The average Bonchev–Trinajstić information content (AvgIpc) is 3.30. The average molecular weight is 389 g/mol. The normalized spacial score (nSPS) is 19.6. The van der Waals surface area contributed by atoms with Gasteiger partial charge in [0.1, 0.15) is 5.54 Å². The summed E-state index contributed by atoms with van der Waals surface area (Å²) in [7, 11) is 1.63.